The van der Waals surface area contributed by atoms with Crippen molar-refractivity contribution in [3.63, 3.8) is 0 Å². The van der Waals surface area contributed by atoms with Crippen molar-refractivity contribution in [2.75, 3.05) is 0 Å². The first-order valence-electron chi connectivity index (χ1n) is 5.71. The van der Waals surface area contributed by atoms with Gasteiger partial charge in [0.15, 0.2) is 0 Å². The van der Waals surface area contributed by atoms with Gasteiger partial charge in [0, 0.05) is 29.4 Å². The first kappa shape index (κ1) is 13.2. The van der Waals surface area contributed by atoms with E-state index in [1.54, 1.807) is 6.07 Å². The van der Waals surface area contributed by atoms with Gasteiger partial charge in [0.05, 0.1) is 5.02 Å². The summed E-state index contributed by atoms with van der Waals surface area (Å²) in [6, 6.07) is 7.17. The summed E-state index contributed by atoms with van der Waals surface area (Å²) in [5, 5.41) is 10.2. The van der Waals surface area contributed by atoms with Crippen LogP contribution in [0.2, 0.25) is 10.0 Å². The molecule has 4 heteroatoms. The molecule has 0 bridgehead atoms. The quantitative estimate of drug-likeness (QED) is 0.913. The van der Waals surface area contributed by atoms with E-state index < -0.39 is 0 Å². The molecular weight excluding hydrogens is 269 g/mol. The number of aromatic nitrogens is 1. The van der Waals surface area contributed by atoms with Crippen molar-refractivity contribution >= 4 is 23.2 Å². The summed E-state index contributed by atoms with van der Waals surface area (Å²) in [5.41, 5.74) is 2.99. The van der Waals surface area contributed by atoms with Crippen molar-refractivity contribution in [2.24, 2.45) is 0 Å². The summed E-state index contributed by atoms with van der Waals surface area (Å²) in [6.07, 6.45) is 3.44. The van der Waals surface area contributed by atoms with Gasteiger partial charge >= 0.3 is 0 Å². The first-order valence-corrected chi connectivity index (χ1v) is 6.46. The van der Waals surface area contributed by atoms with Gasteiger partial charge in [0.1, 0.15) is 5.75 Å². The van der Waals surface area contributed by atoms with Crippen molar-refractivity contribution in [1.82, 2.24) is 4.98 Å². The highest BCUT2D eigenvalue weighted by molar-refractivity contribution is 6.34. The summed E-state index contributed by atoms with van der Waals surface area (Å²) >= 11 is 11.9. The largest absolute Gasteiger partial charge is 0.506 e. The number of phenols is 1. The van der Waals surface area contributed by atoms with Crippen molar-refractivity contribution in [3.8, 4) is 5.75 Å². The molecule has 0 saturated carbocycles. The van der Waals surface area contributed by atoms with Crippen molar-refractivity contribution in [2.45, 2.75) is 19.8 Å². The molecule has 0 atom stereocenters. The second-order valence-electron chi connectivity index (χ2n) is 4.08. The normalized spacial score (nSPS) is 10.6. The Bertz CT molecular complexity index is 552. The van der Waals surface area contributed by atoms with Crippen LogP contribution in [0.4, 0.5) is 0 Å². The third kappa shape index (κ3) is 2.95. The standard InChI is InChI=1S/C14H13Cl2NO/c1-2-9-3-4-11(17-8-9)5-10-6-13(16)14(18)7-12(10)15/h3-4,6-8,18H,2,5H2,1H3. The number of aromatic hydroxyl groups is 1. The number of benzene rings is 1. The lowest BCUT2D eigenvalue weighted by atomic mass is 10.1. The predicted octanol–water partition coefficient (Wildman–Crippen LogP) is 4.25. The first-order chi connectivity index (χ1) is 8.60. The average molecular weight is 282 g/mol. The fourth-order valence-corrected chi connectivity index (χ4v) is 2.09. The molecule has 0 aliphatic rings. The Morgan fingerprint density at radius 3 is 2.56 bits per heavy atom. The third-order valence-corrected chi connectivity index (χ3v) is 3.44. The summed E-state index contributed by atoms with van der Waals surface area (Å²) < 4.78 is 0. The summed E-state index contributed by atoms with van der Waals surface area (Å²) in [4.78, 5) is 4.37. The lowest BCUT2D eigenvalue weighted by Gasteiger charge is -2.07. The molecule has 1 aromatic carbocycles. The molecule has 0 fully saturated rings. The zero-order valence-electron chi connectivity index (χ0n) is 9.95. The van der Waals surface area contributed by atoms with Gasteiger partial charge < -0.3 is 5.11 Å². The highest BCUT2D eigenvalue weighted by atomic mass is 35.5. The van der Waals surface area contributed by atoms with Gasteiger partial charge in [-0.05, 0) is 29.7 Å². The van der Waals surface area contributed by atoms with Gasteiger partial charge in [-0.1, -0.05) is 36.2 Å². The zero-order chi connectivity index (χ0) is 13.1. The van der Waals surface area contributed by atoms with Gasteiger partial charge in [-0.15, -0.1) is 0 Å². The molecular formula is C14H13Cl2NO. The molecule has 18 heavy (non-hydrogen) atoms. The topological polar surface area (TPSA) is 33.1 Å². The average Bonchev–Trinajstić information content (AvgIpc) is 2.37. The second-order valence-corrected chi connectivity index (χ2v) is 4.90. The number of halogens is 2. The summed E-state index contributed by atoms with van der Waals surface area (Å²) in [7, 11) is 0. The lowest BCUT2D eigenvalue weighted by Crippen LogP contribution is -1.94. The lowest BCUT2D eigenvalue weighted by molar-refractivity contribution is 0.475. The van der Waals surface area contributed by atoms with Gasteiger partial charge in [0.2, 0.25) is 0 Å². The number of pyridine rings is 1. The van der Waals surface area contributed by atoms with Crippen molar-refractivity contribution in [3.05, 3.63) is 57.3 Å². The molecule has 2 aromatic rings. The monoisotopic (exact) mass is 281 g/mol. The Morgan fingerprint density at radius 2 is 1.94 bits per heavy atom. The molecule has 0 saturated heterocycles. The Hall–Kier alpha value is -1.25. The molecule has 2 rings (SSSR count). The smallest absolute Gasteiger partial charge is 0.135 e. The molecule has 2 nitrogen and oxygen atoms in total. The Kier molecular flexibility index (Phi) is 4.10. The highest BCUT2D eigenvalue weighted by Gasteiger charge is 2.08. The highest BCUT2D eigenvalue weighted by Crippen LogP contribution is 2.31. The maximum Gasteiger partial charge on any atom is 0.135 e. The van der Waals surface area contributed by atoms with E-state index in [0.717, 1.165) is 17.7 Å². The number of rotatable bonds is 3. The predicted molar refractivity (Wildman–Crippen MR) is 74.5 cm³/mol. The second kappa shape index (κ2) is 5.59. The van der Waals surface area contributed by atoms with E-state index in [1.165, 1.54) is 11.6 Å². The van der Waals surface area contributed by atoms with Crippen LogP contribution in [0.25, 0.3) is 0 Å². The fourth-order valence-electron chi connectivity index (χ4n) is 1.68. The van der Waals surface area contributed by atoms with E-state index >= 15 is 0 Å². The Balaban J connectivity index is 2.25. The molecule has 0 radical (unpaired) electrons. The molecule has 1 heterocycles. The molecule has 0 unspecified atom stereocenters. The SMILES string of the molecule is CCc1ccc(Cc2cc(Cl)c(O)cc2Cl)nc1. The molecule has 94 valence electrons. The van der Waals surface area contributed by atoms with Crippen molar-refractivity contribution in [1.29, 1.82) is 0 Å². The van der Waals surface area contributed by atoms with Crippen LogP contribution in [-0.2, 0) is 12.8 Å². The van der Waals surface area contributed by atoms with E-state index in [4.69, 9.17) is 23.2 Å². The van der Waals surface area contributed by atoms with Crippen LogP contribution in [0, 0.1) is 0 Å². The minimum Gasteiger partial charge on any atom is -0.506 e. The van der Waals surface area contributed by atoms with Crippen LogP contribution in [-0.4, -0.2) is 10.1 Å². The van der Waals surface area contributed by atoms with Crippen molar-refractivity contribution < 1.29 is 5.11 Å². The Labute approximate surface area is 116 Å². The fraction of sp³-hybridized carbons (Fsp3) is 0.214. The summed E-state index contributed by atoms with van der Waals surface area (Å²) in [5.74, 6) is -0.000272. The maximum atomic E-state index is 9.43. The molecule has 1 N–H and O–H groups in total. The van der Waals surface area contributed by atoms with Crippen LogP contribution in [0.5, 0.6) is 5.75 Å². The number of hydrogen-bond donors (Lipinski definition) is 1. The minimum absolute atomic E-state index is 0.000272. The van der Waals surface area contributed by atoms with Crippen LogP contribution in [0.3, 0.4) is 0 Å². The molecule has 0 aliphatic heterocycles. The van der Waals surface area contributed by atoms with Gasteiger partial charge in [-0.25, -0.2) is 0 Å². The van der Waals surface area contributed by atoms with Crippen LogP contribution in [0.1, 0.15) is 23.7 Å². The molecule has 0 amide bonds. The minimum atomic E-state index is -0.000272. The van der Waals surface area contributed by atoms with Crippen LogP contribution >= 0.6 is 23.2 Å². The molecule has 0 aliphatic carbocycles. The van der Waals surface area contributed by atoms with Crippen LogP contribution < -0.4 is 0 Å². The number of aryl methyl sites for hydroxylation is 1. The van der Waals surface area contributed by atoms with E-state index in [-0.39, 0.29) is 5.75 Å². The van der Waals surface area contributed by atoms with E-state index in [9.17, 15) is 5.11 Å². The van der Waals surface area contributed by atoms with E-state index in [0.29, 0.717) is 16.5 Å². The summed E-state index contributed by atoms with van der Waals surface area (Å²) in [6.45, 7) is 2.09. The van der Waals surface area contributed by atoms with E-state index in [2.05, 4.69) is 18.0 Å². The third-order valence-electron chi connectivity index (χ3n) is 2.78. The zero-order valence-corrected chi connectivity index (χ0v) is 11.5. The Morgan fingerprint density at radius 1 is 1.17 bits per heavy atom. The van der Waals surface area contributed by atoms with Gasteiger partial charge in [-0.2, -0.15) is 0 Å². The number of hydrogen-bond acceptors (Lipinski definition) is 2. The van der Waals surface area contributed by atoms with Crippen LogP contribution in [0.15, 0.2) is 30.5 Å². The van der Waals surface area contributed by atoms with Gasteiger partial charge in [-0.3, -0.25) is 4.98 Å². The van der Waals surface area contributed by atoms with Gasteiger partial charge in [0.25, 0.3) is 0 Å². The van der Waals surface area contributed by atoms with E-state index in [1.807, 2.05) is 12.3 Å². The number of nitrogens with zero attached hydrogens (tertiary/aromatic N) is 1. The number of phenolic OH excluding ortho intramolecular Hbond substituents is 1. The molecule has 1 aromatic heterocycles. The molecule has 0 spiro atoms. The maximum absolute atomic E-state index is 9.43.